The molecule has 1 fully saturated rings. The first-order valence-electron chi connectivity index (χ1n) is 11.0. The Hall–Kier alpha value is -2.47. The van der Waals surface area contributed by atoms with Gasteiger partial charge >= 0.3 is 5.97 Å². The summed E-state index contributed by atoms with van der Waals surface area (Å²) in [5, 5.41) is 9.89. The van der Waals surface area contributed by atoms with Crippen molar-refractivity contribution in [3.05, 3.63) is 94.5 Å². The fourth-order valence-corrected chi connectivity index (χ4v) is 4.51. The van der Waals surface area contributed by atoms with E-state index in [0.29, 0.717) is 26.1 Å². The average Bonchev–Trinajstić information content (AvgIpc) is 3.29. The first kappa shape index (κ1) is 22.7. The summed E-state index contributed by atoms with van der Waals surface area (Å²) in [5.74, 6) is -2.35. The maximum Gasteiger partial charge on any atom is 0.306 e. The number of halogens is 1. The van der Waals surface area contributed by atoms with Crippen molar-refractivity contribution in [2.45, 2.75) is 31.5 Å². The molecule has 32 heavy (non-hydrogen) atoms. The molecule has 3 aromatic carbocycles. The van der Waals surface area contributed by atoms with Crippen molar-refractivity contribution >= 4 is 21.9 Å². The van der Waals surface area contributed by atoms with Crippen molar-refractivity contribution in [1.29, 1.82) is 0 Å². The van der Waals surface area contributed by atoms with E-state index in [0.717, 1.165) is 34.0 Å². The summed E-state index contributed by atoms with van der Waals surface area (Å²) in [5.41, 5.74) is 4.30. The van der Waals surface area contributed by atoms with Gasteiger partial charge in [-0.3, -0.25) is 4.79 Å². The van der Waals surface area contributed by atoms with Crippen LogP contribution < -0.4 is 0 Å². The topological polar surface area (TPSA) is 55.8 Å². The lowest BCUT2D eigenvalue weighted by atomic mass is 9.88. The highest BCUT2D eigenvalue weighted by atomic mass is 79.9. The molecule has 0 amide bonds. The van der Waals surface area contributed by atoms with Crippen LogP contribution in [0, 0.1) is 5.92 Å². The van der Waals surface area contributed by atoms with Gasteiger partial charge in [0.25, 0.3) is 0 Å². The molecule has 0 radical (unpaired) electrons. The largest absolute Gasteiger partial charge is 0.481 e. The Balaban J connectivity index is 1.48. The second kappa shape index (κ2) is 10.4. The predicted molar refractivity (Wildman–Crippen MR) is 128 cm³/mol. The van der Waals surface area contributed by atoms with Crippen molar-refractivity contribution in [1.82, 2.24) is 0 Å². The van der Waals surface area contributed by atoms with Crippen molar-refractivity contribution < 1.29 is 19.4 Å². The van der Waals surface area contributed by atoms with E-state index in [1.165, 1.54) is 5.56 Å². The number of aryl methyl sites for hydroxylation is 1. The van der Waals surface area contributed by atoms with Crippen LogP contribution in [0.15, 0.2) is 83.3 Å². The van der Waals surface area contributed by atoms with Crippen LogP contribution in [-0.4, -0.2) is 24.3 Å². The van der Waals surface area contributed by atoms with Gasteiger partial charge in [-0.15, -0.1) is 0 Å². The summed E-state index contributed by atoms with van der Waals surface area (Å²) >= 11 is 3.47. The van der Waals surface area contributed by atoms with E-state index in [2.05, 4.69) is 40.2 Å². The normalized spacial score (nSPS) is 16.0. The lowest BCUT2D eigenvalue weighted by Crippen LogP contribution is -2.33. The second-order valence-corrected chi connectivity index (χ2v) is 9.07. The summed E-state index contributed by atoms with van der Waals surface area (Å²) in [7, 11) is 0. The molecule has 5 heteroatoms. The van der Waals surface area contributed by atoms with Crippen molar-refractivity contribution in [3.63, 3.8) is 0 Å². The Morgan fingerprint density at radius 1 is 0.906 bits per heavy atom. The maximum absolute atomic E-state index is 12.1. The first-order chi connectivity index (χ1) is 15.6. The molecule has 166 valence electrons. The quantitative estimate of drug-likeness (QED) is 0.372. The van der Waals surface area contributed by atoms with Crippen molar-refractivity contribution in [2.24, 2.45) is 5.92 Å². The molecule has 0 bridgehead atoms. The SMILES string of the molecule is O=C(O)C(CCCc1ccccc1)CC1(c2ccc(-c3ccc(Br)cc3)cc2)OCCO1. The van der Waals surface area contributed by atoms with E-state index < -0.39 is 17.7 Å². The van der Waals surface area contributed by atoms with Gasteiger partial charge in [0, 0.05) is 16.5 Å². The van der Waals surface area contributed by atoms with Crippen LogP contribution in [0.5, 0.6) is 0 Å². The van der Waals surface area contributed by atoms with Crippen LogP contribution in [0.2, 0.25) is 0 Å². The smallest absolute Gasteiger partial charge is 0.306 e. The number of hydrogen-bond donors (Lipinski definition) is 1. The minimum atomic E-state index is -1.01. The number of hydrogen-bond acceptors (Lipinski definition) is 3. The third kappa shape index (κ3) is 5.47. The molecule has 0 aromatic heterocycles. The van der Waals surface area contributed by atoms with Gasteiger partial charge in [0.2, 0.25) is 0 Å². The number of benzene rings is 3. The fraction of sp³-hybridized carbons (Fsp3) is 0.296. The van der Waals surface area contributed by atoms with Gasteiger partial charge in [0.05, 0.1) is 19.1 Å². The second-order valence-electron chi connectivity index (χ2n) is 8.15. The number of carboxylic acid groups (broad SMARTS) is 1. The number of ether oxygens (including phenoxy) is 2. The zero-order chi connectivity index (χ0) is 22.4. The van der Waals surface area contributed by atoms with E-state index in [9.17, 15) is 9.90 Å². The molecule has 1 saturated heterocycles. The monoisotopic (exact) mass is 494 g/mol. The molecule has 4 nitrogen and oxygen atoms in total. The Morgan fingerprint density at radius 2 is 1.50 bits per heavy atom. The maximum atomic E-state index is 12.1. The van der Waals surface area contributed by atoms with Crippen molar-refractivity contribution in [3.8, 4) is 11.1 Å². The number of carboxylic acids is 1. The van der Waals surface area contributed by atoms with Gasteiger partial charge in [-0.1, -0.05) is 82.7 Å². The lowest BCUT2D eigenvalue weighted by Gasteiger charge is -2.30. The summed E-state index contributed by atoms with van der Waals surface area (Å²) in [4.78, 5) is 12.1. The third-order valence-corrected chi connectivity index (χ3v) is 6.51. The Labute approximate surface area is 197 Å². The Kier molecular flexibility index (Phi) is 7.40. The Morgan fingerprint density at radius 3 is 2.09 bits per heavy atom. The van der Waals surface area contributed by atoms with Gasteiger partial charge in [-0.2, -0.15) is 0 Å². The van der Waals surface area contributed by atoms with E-state index in [1.807, 2.05) is 54.6 Å². The summed E-state index contributed by atoms with van der Waals surface area (Å²) in [6.07, 6.45) is 2.55. The standard InChI is InChI=1S/C27H27BrO4/c28-25-15-11-22(12-16-25)21-9-13-24(14-10-21)27(31-17-18-32-27)19-23(26(29)30)8-4-7-20-5-2-1-3-6-20/h1-3,5-6,9-16,23H,4,7-8,17-19H2,(H,29,30). The molecular weight excluding hydrogens is 468 g/mol. The molecule has 3 aromatic rings. The minimum absolute atomic E-state index is 0.300. The predicted octanol–water partition coefficient (Wildman–Crippen LogP) is 6.43. The van der Waals surface area contributed by atoms with E-state index in [4.69, 9.17) is 9.47 Å². The van der Waals surface area contributed by atoms with Gasteiger partial charge in [0.1, 0.15) is 0 Å². The molecule has 1 N–H and O–H groups in total. The molecule has 0 aliphatic carbocycles. The molecule has 1 unspecified atom stereocenters. The van der Waals surface area contributed by atoms with Crippen LogP contribution >= 0.6 is 15.9 Å². The van der Waals surface area contributed by atoms with Crippen molar-refractivity contribution in [2.75, 3.05) is 13.2 Å². The van der Waals surface area contributed by atoms with Crippen LogP contribution in [0.4, 0.5) is 0 Å². The van der Waals surface area contributed by atoms with Gasteiger partial charge < -0.3 is 14.6 Å². The van der Waals surface area contributed by atoms with Gasteiger partial charge in [-0.05, 0) is 48.1 Å². The summed E-state index contributed by atoms with van der Waals surface area (Å²) in [6.45, 7) is 0.926. The van der Waals surface area contributed by atoms with Crippen LogP contribution in [-0.2, 0) is 26.5 Å². The first-order valence-corrected chi connectivity index (χ1v) is 11.8. The van der Waals surface area contributed by atoms with Crippen LogP contribution in [0.3, 0.4) is 0 Å². The highest BCUT2D eigenvalue weighted by Gasteiger charge is 2.42. The molecule has 1 aliphatic heterocycles. The van der Waals surface area contributed by atoms with E-state index in [1.54, 1.807) is 0 Å². The number of carbonyl (C=O) groups is 1. The number of aliphatic carboxylic acids is 1. The van der Waals surface area contributed by atoms with E-state index in [-0.39, 0.29) is 0 Å². The summed E-state index contributed by atoms with van der Waals surface area (Å²) < 4.78 is 13.1. The molecular formula is C27H27BrO4. The van der Waals surface area contributed by atoms with E-state index >= 15 is 0 Å². The molecule has 0 spiro atoms. The summed E-state index contributed by atoms with van der Waals surface area (Å²) in [6, 6.07) is 26.4. The molecule has 0 saturated carbocycles. The molecule has 1 atom stereocenters. The van der Waals surface area contributed by atoms with Gasteiger partial charge in [0.15, 0.2) is 5.79 Å². The zero-order valence-corrected chi connectivity index (χ0v) is 19.5. The average molecular weight is 495 g/mol. The van der Waals surface area contributed by atoms with Gasteiger partial charge in [-0.25, -0.2) is 0 Å². The van der Waals surface area contributed by atoms with Crippen LogP contribution in [0.25, 0.3) is 11.1 Å². The number of rotatable bonds is 9. The third-order valence-electron chi connectivity index (χ3n) is 5.98. The highest BCUT2D eigenvalue weighted by Crippen LogP contribution is 2.39. The van der Waals surface area contributed by atoms with Crippen LogP contribution in [0.1, 0.15) is 30.4 Å². The fourth-order valence-electron chi connectivity index (χ4n) is 4.25. The lowest BCUT2D eigenvalue weighted by molar-refractivity contribution is -0.185. The highest BCUT2D eigenvalue weighted by molar-refractivity contribution is 9.10. The molecule has 1 heterocycles. The molecule has 4 rings (SSSR count). The zero-order valence-electron chi connectivity index (χ0n) is 17.9. The minimum Gasteiger partial charge on any atom is -0.481 e. The molecule has 1 aliphatic rings. The Bertz CT molecular complexity index is 1010.